The van der Waals surface area contributed by atoms with Crippen LogP contribution in [0.25, 0.3) is 0 Å². The van der Waals surface area contributed by atoms with Gasteiger partial charge in [-0.15, -0.1) is 0 Å². The topological polar surface area (TPSA) is 46.5 Å². The molecule has 1 rings (SSSR count). The number of hydrogen-bond acceptors (Lipinski definition) is 3. The van der Waals surface area contributed by atoms with Crippen molar-refractivity contribution in [2.24, 2.45) is 0 Å². The lowest BCUT2D eigenvalue weighted by Crippen LogP contribution is -2.11. The van der Waals surface area contributed by atoms with Crippen molar-refractivity contribution >= 4 is 21.9 Å². The molecule has 0 aliphatic heterocycles. The molecule has 0 aliphatic rings. The molecule has 1 aromatic rings. The van der Waals surface area contributed by atoms with Crippen molar-refractivity contribution in [2.75, 3.05) is 6.61 Å². The first kappa shape index (κ1) is 13.1. The Morgan fingerprint density at radius 2 is 2.31 bits per heavy atom. The van der Waals surface area contributed by atoms with Gasteiger partial charge in [0, 0.05) is 10.0 Å². The highest BCUT2D eigenvalue weighted by molar-refractivity contribution is 9.10. The number of aliphatic hydroxyl groups is 1. The summed E-state index contributed by atoms with van der Waals surface area (Å²) >= 11 is 3.17. The van der Waals surface area contributed by atoms with Gasteiger partial charge in [-0.1, -0.05) is 15.9 Å². The van der Waals surface area contributed by atoms with Gasteiger partial charge in [0.25, 0.3) is 0 Å². The van der Waals surface area contributed by atoms with E-state index in [4.69, 9.17) is 0 Å². The minimum Gasteiger partial charge on any atom is -0.466 e. The first-order valence-corrected chi connectivity index (χ1v) is 5.62. The number of carbonyl (C=O) groups excluding carboxylic acids is 1. The highest BCUT2D eigenvalue weighted by Gasteiger charge is 2.17. The lowest BCUT2D eigenvalue weighted by Gasteiger charge is -2.11. The molecule has 0 fully saturated rings. The van der Waals surface area contributed by atoms with E-state index in [2.05, 4.69) is 20.7 Å². The zero-order valence-corrected chi connectivity index (χ0v) is 10.3. The first-order valence-electron chi connectivity index (χ1n) is 4.83. The van der Waals surface area contributed by atoms with Crippen molar-refractivity contribution in [1.29, 1.82) is 0 Å². The molecule has 0 radical (unpaired) electrons. The minimum absolute atomic E-state index is 0.0856. The maximum atomic E-state index is 13.3. The predicted octanol–water partition coefficient (Wildman–Crippen LogP) is 2.57. The van der Waals surface area contributed by atoms with Crippen LogP contribution in [0.15, 0.2) is 22.7 Å². The van der Waals surface area contributed by atoms with Gasteiger partial charge in [0.2, 0.25) is 0 Å². The fourth-order valence-corrected chi connectivity index (χ4v) is 1.64. The number of hydrogen-bond donors (Lipinski definition) is 1. The van der Waals surface area contributed by atoms with Gasteiger partial charge in [0.15, 0.2) is 0 Å². The highest BCUT2D eigenvalue weighted by Crippen LogP contribution is 2.24. The average molecular weight is 291 g/mol. The molecule has 0 bridgehead atoms. The maximum Gasteiger partial charge on any atom is 0.308 e. The Morgan fingerprint density at radius 1 is 1.62 bits per heavy atom. The summed E-state index contributed by atoms with van der Waals surface area (Å²) in [5.74, 6) is -1.09. The Bertz CT molecular complexity index is 381. The van der Waals surface area contributed by atoms with E-state index in [0.29, 0.717) is 4.47 Å². The number of halogens is 2. The molecule has 1 unspecified atom stereocenters. The summed E-state index contributed by atoms with van der Waals surface area (Å²) in [5, 5.41) is 9.66. The Kier molecular flexibility index (Phi) is 4.89. The van der Waals surface area contributed by atoms with Crippen LogP contribution in [0.3, 0.4) is 0 Å². The number of aliphatic hydroxyl groups excluding tert-OH is 1. The van der Waals surface area contributed by atoms with Crippen LogP contribution in [0.2, 0.25) is 0 Å². The molecule has 0 amide bonds. The molecule has 1 N–H and O–H groups in total. The number of benzene rings is 1. The lowest BCUT2D eigenvalue weighted by molar-refractivity contribution is -0.145. The number of esters is 1. The molecule has 0 spiro atoms. The molecule has 0 heterocycles. The molecule has 88 valence electrons. The fraction of sp³-hybridized carbons (Fsp3) is 0.364. The molecule has 0 aromatic heterocycles. The second-order valence-electron chi connectivity index (χ2n) is 3.19. The third kappa shape index (κ3) is 3.57. The van der Waals surface area contributed by atoms with E-state index in [-0.39, 0.29) is 18.6 Å². The Morgan fingerprint density at radius 3 is 2.94 bits per heavy atom. The van der Waals surface area contributed by atoms with Gasteiger partial charge in [-0.05, 0) is 25.1 Å². The maximum absolute atomic E-state index is 13.3. The van der Waals surface area contributed by atoms with Gasteiger partial charge in [-0.25, -0.2) is 4.39 Å². The summed E-state index contributed by atoms with van der Waals surface area (Å²) in [7, 11) is 0. The Hall–Kier alpha value is -0.940. The lowest BCUT2D eigenvalue weighted by atomic mass is 10.1. The van der Waals surface area contributed by atoms with E-state index in [1.54, 1.807) is 6.92 Å². The summed E-state index contributed by atoms with van der Waals surface area (Å²) < 4.78 is 18.6. The molecular weight excluding hydrogens is 279 g/mol. The first-order chi connectivity index (χ1) is 7.54. The summed E-state index contributed by atoms with van der Waals surface area (Å²) in [6.07, 6.45) is -1.43. The van der Waals surface area contributed by atoms with Crippen LogP contribution in [-0.4, -0.2) is 17.7 Å². The third-order valence-corrected chi connectivity index (χ3v) is 2.48. The van der Waals surface area contributed by atoms with Crippen molar-refractivity contribution < 1.29 is 19.0 Å². The monoisotopic (exact) mass is 290 g/mol. The summed E-state index contributed by atoms with van der Waals surface area (Å²) in [5.41, 5.74) is 0.0856. The van der Waals surface area contributed by atoms with E-state index in [9.17, 15) is 14.3 Å². The van der Waals surface area contributed by atoms with E-state index >= 15 is 0 Å². The highest BCUT2D eigenvalue weighted by atomic mass is 79.9. The quantitative estimate of drug-likeness (QED) is 0.867. The van der Waals surface area contributed by atoms with Crippen LogP contribution in [0.1, 0.15) is 25.0 Å². The van der Waals surface area contributed by atoms with Crippen LogP contribution in [0.4, 0.5) is 4.39 Å². The van der Waals surface area contributed by atoms with Gasteiger partial charge in [0.1, 0.15) is 5.82 Å². The van der Waals surface area contributed by atoms with Crippen molar-refractivity contribution in [3.8, 4) is 0 Å². The van der Waals surface area contributed by atoms with Gasteiger partial charge >= 0.3 is 5.97 Å². The van der Waals surface area contributed by atoms with Crippen LogP contribution >= 0.6 is 15.9 Å². The van der Waals surface area contributed by atoms with Crippen molar-refractivity contribution in [3.63, 3.8) is 0 Å². The molecule has 3 nitrogen and oxygen atoms in total. The molecule has 16 heavy (non-hydrogen) atoms. The average Bonchev–Trinajstić information content (AvgIpc) is 2.21. The number of carbonyl (C=O) groups is 1. The fourth-order valence-electron chi connectivity index (χ4n) is 1.26. The summed E-state index contributed by atoms with van der Waals surface area (Å²) in [4.78, 5) is 11.1. The minimum atomic E-state index is -1.18. The SMILES string of the molecule is CCOC(=O)CC(O)c1cc(Br)ccc1F. The van der Waals surface area contributed by atoms with Gasteiger partial charge in [0.05, 0.1) is 19.1 Å². The van der Waals surface area contributed by atoms with Gasteiger partial charge in [-0.3, -0.25) is 4.79 Å². The standard InChI is InChI=1S/C11H12BrFO3/c1-2-16-11(15)6-10(14)8-5-7(12)3-4-9(8)13/h3-5,10,14H,2,6H2,1H3. The largest absolute Gasteiger partial charge is 0.466 e. The van der Waals surface area contributed by atoms with Crippen LogP contribution in [-0.2, 0) is 9.53 Å². The van der Waals surface area contributed by atoms with Gasteiger partial charge < -0.3 is 9.84 Å². The zero-order valence-electron chi connectivity index (χ0n) is 8.74. The molecule has 0 saturated heterocycles. The molecule has 0 aliphatic carbocycles. The van der Waals surface area contributed by atoms with Crippen molar-refractivity contribution in [2.45, 2.75) is 19.4 Å². The third-order valence-electron chi connectivity index (χ3n) is 1.98. The van der Waals surface area contributed by atoms with Crippen LogP contribution < -0.4 is 0 Å². The summed E-state index contributed by atoms with van der Waals surface area (Å²) in [6, 6.07) is 4.20. The van der Waals surface area contributed by atoms with E-state index in [1.165, 1.54) is 18.2 Å². The Labute approximate surface area is 101 Å². The smallest absolute Gasteiger partial charge is 0.308 e. The van der Waals surface area contributed by atoms with Crippen molar-refractivity contribution in [3.05, 3.63) is 34.1 Å². The second-order valence-corrected chi connectivity index (χ2v) is 4.11. The second kappa shape index (κ2) is 5.96. The molecular formula is C11H12BrFO3. The zero-order chi connectivity index (χ0) is 12.1. The van der Waals surface area contributed by atoms with E-state index in [1.807, 2.05) is 0 Å². The van der Waals surface area contributed by atoms with Crippen LogP contribution in [0, 0.1) is 5.82 Å². The van der Waals surface area contributed by atoms with Gasteiger partial charge in [-0.2, -0.15) is 0 Å². The van der Waals surface area contributed by atoms with Crippen LogP contribution in [0.5, 0.6) is 0 Å². The molecule has 5 heteroatoms. The van der Waals surface area contributed by atoms with E-state index < -0.39 is 17.9 Å². The predicted molar refractivity (Wildman–Crippen MR) is 60.3 cm³/mol. The molecule has 1 aromatic carbocycles. The normalized spacial score (nSPS) is 12.2. The molecule has 1 atom stereocenters. The Balaban J connectivity index is 2.76. The number of rotatable bonds is 4. The number of ether oxygens (including phenoxy) is 1. The van der Waals surface area contributed by atoms with Crippen molar-refractivity contribution in [1.82, 2.24) is 0 Å². The molecule has 0 saturated carbocycles. The summed E-state index contributed by atoms with van der Waals surface area (Å²) in [6.45, 7) is 1.91. The van der Waals surface area contributed by atoms with E-state index in [0.717, 1.165) is 0 Å².